The Morgan fingerprint density at radius 1 is 0.968 bits per heavy atom. The van der Waals surface area contributed by atoms with Gasteiger partial charge in [0.1, 0.15) is 11.4 Å². The zero-order valence-corrected chi connectivity index (χ0v) is 18.5. The number of hydrogen-bond donors (Lipinski definition) is 1. The summed E-state index contributed by atoms with van der Waals surface area (Å²) < 4.78 is 10.8. The van der Waals surface area contributed by atoms with Crippen LogP contribution in [0.25, 0.3) is 5.57 Å². The van der Waals surface area contributed by atoms with Crippen molar-refractivity contribution in [2.24, 2.45) is 0 Å². The fourth-order valence-electron chi connectivity index (χ4n) is 3.96. The molecular formula is C23H33N3O5. The van der Waals surface area contributed by atoms with Crippen LogP contribution in [0.2, 0.25) is 0 Å². The Morgan fingerprint density at radius 3 is 2.29 bits per heavy atom. The first-order valence-electron chi connectivity index (χ1n) is 11.0. The number of aliphatic hydroxyl groups excluding tert-OH is 1. The van der Waals surface area contributed by atoms with E-state index in [1.807, 2.05) is 36.1 Å². The van der Waals surface area contributed by atoms with Gasteiger partial charge in [0.15, 0.2) is 0 Å². The molecule has 8 nitrogen and oxygen atoms in total. The van der Waals surface area contributed by atoms with E-state index in [0.29, 0.717) is 57.1 Å². The number of carbonyl (C=O) groups excluding carboxylic acids is 2. The van der Waals surface area contributed by atoms with Gasteiger partial charge in [0, 0.05) is 53.0 Å². The number of carbonyl (C=O) groups is 2. The largest absolute Gasteiger partial charge is 0.494 e. The number of piperazine rings is 1. The van der Waals surface area contributed by atoms with Crippen molar-refractivity contribution in [2.45, 2.75) is 19.8 Å². The first-order valence-corrected chi connectivity index (χ1v) is 11.0. The molecule has 0 saturated carbocycles. The number of nitrogens with zero attached hydrogens (tertiary/aromatic N) is 3. The van der Waals surface area contributed by atoms with Gasteiger partial charge in [0.05, 0.1) is 18.8 Å². The Morgan fingerprint density at radius 2 is 1.68 bits per heavy atom. The summed E-state index contributed by atoms with van der Waals surface area (Å²) in [5.41, 5.74) is 1.66. The second-order valence-electron chi connectivity index (χ2n) is 7.76. The van der Waals surface area contributed by atoms with Crippen molar-refractivity contribution >= 4 is 17.4 Å². The van der Waals surface area contributed by atoms with Crippen molar-refractivity contribution in [2.75, 3.05) is 66.2 Å². The maximum Gasteiger partial charge on any atom is 0.277 e. The quantitative estimate of drug-likeness (QED) is 0.416. The number of methoxy groups -OCH3 is 1. The Kier molecular flexibility index (Phi) is 8.45. The highest BCUT2D eigenvalue weighted by molar-refractivity contribution is 6.35. The van der Waals surface area contributed by atoms with Crippen LogP contribution >= 0.6 is 0 Å². The molecule has 0 atom stereocenters. The summed E-state index contributed by atoms with van der Waals surface area (Å²) in [6, 6.07) is 7.40. The van der Waals surface area contributed by atoms with E-state index in [1.165, 1.54) is 4.90 Å². The number of aliphatic hydroxyl groups is 1. The van der Waals surface area contributed by atoms with Crippen LogP contribution < -0.4 is 4.74 Å². The number of rotatable bonds is 11. The normalized spacial score (nSPS) is 17.8. The number of amides is 2. The lowest BCUT2D eigenvalue weighted by atomic mass is 10.0. The molecule has 2 heterocycles. The second-order valence-corrected chi connectivity index (χ2v) is 7.76. The minimum atomic E-state index is -0.254. The highest BCUT2D eigenvalue weighted by Gasteiger charge is 2.41. The molecule has 1 fully saturated rings. The van der Waals surface area contributed by atoms with Gasteiger partial charge in [-0.05, 0) is 30.5 Å². The Bertz CT molecular complexity index is 785. The van der Waals surface area contributed by atoms with Crippen molar-refractivity contribution in [1.82, 2.24) is 14.7 Å². The Hall–Kier alpha value is -2.42. The highest BCUT2D eigenvalue weighted by Crippen LogP contribution is 2.33. The predicted molar refractivity (Wildman–Crippen MR) is 117 cm³/mol. The average Bonchev–Trinajstić information content (AvgIpc) is 3.04. The van der Waals surface area contributed by atoms with Crippen molar-refractivity contribution < 1.29 is 24.2 Å². The molecule has 0 bridgehead atoms. The lowest BCUT2D eigenvalue weighted by molar-refractivity contribution is -0.137. The van der Waals surface area contributed by atoms with Gasteiger partial charge in [-0.15, -0.1) is 0 Å². The van der Waals surface area contributed by atoms with Crippen LogP contribution in [0, 0.1) is 0 Å². The molecule has 3 rings (SSSR count). The van der Waals surface area contributed by atoms with Crippen LogP contribution in [0.15, 0.2) is 30.0 Å². The molecule has 2 amide bonds. The van der Waals surface area contributed by atoms with E-state index in [1.54, 1.807) is 7.11 Å². The molecule has 1 aromatic carbocycles. The smallest absolute Gasteiger partial charge is 0.277 e. The van der Waals surface area contributed by atoms with Gasteiger partial charge in [0.25, 0.3) is 11.8 Å². The summed E-state index contributed by atoms with van der Waals surface area (Å²) in [6.07, 6.45) is 1.52. The predicted octanol–water partition coefficient (Wildman–Crippen LogP) is 1.20. The average molecular weight is 432 g/mol. The standard InChI is InChI=1S/C23H33N3O5/c1-3-16-31-19-7-5-18(6-8-19)20-21(25-12-10-24(11-13-25)14-15-27)23(29)26(22(20)28)9-4-17-30-2/h5-8,27H,3-4,9-17H2,1-2H3. The SMILES string of the molecule is CCCOc1ccc(C2=C(N3CCN(CCO)CC3)C(=O)N(CCCOC)C2=O)cc1. The van der Waals surface area contributed by atoms with Crippen molar-refractivity contribution in [1.29, 1.82) is 0 Å². The molecule has 31 heavy (non-hydrogen) atoms. The molecule has 8 heteroatoms. The van der Waals surface area contributed by atoms with E-state index in [9.17, 15) is 14.7 Å². The van der Waals surface area contributed by atoms with Crippen LogP contribution in [-0.2, 0) is 14.3 Å². The summed E-state index contributed by atoms with van der Waals surface area (Å²) in [4.78, 5) is 32.1. The molecule has 0 unspecified atom stereocenters. The van der Waals surface area contributed by atoms with Crippen molar-refractivity contribution in [3.63, 3.8) is 0 Å². The number of β-amino-alcohol motifs (C(OH)–C–C–N with tert-alkyl or cyclic N) is 1. The second kappa shape index (κ2) is 11.3. The third-order valence-corrected chi connectivity index (χ3v) is 5.59. The molecule has 0 spiro atoms. The van der Waals surface area contributed by atoms with Crippen molar-refractivity contribution in [3.05, 3.63) is 35.5 Å². The summed E-state index contributed by atoms with van der Waals surface area (Å²) in [6.45, 7) is 7.01. The zero-order chi connectivity index (χ0) is 22.2. The molecule has 170 valence electrons. The van der Waals surface area contributed by atoms with Gasteiger partial charge >= 0.3 is 0 Å². The maximum atomic E-state index is 13.3. The van der Waals surface area contributed by atoms with Gasteiger partial charge in [-0.25, -0.2) is 0 Å². The maximum absolute atomic E-state index is 13.3. The summed E-state index contributed by atoms with van der Waals surface area (Å²) in [5.74, 6) is 0.258. The minimum absolute atomic E-state index is 0.116. The topological polar surface area (TPSA) is 82.6 Å². The molecule has 0 aliphatic carbocycles. The fraction of sp³-hybridized carbons (Fsp3) is 0.565. The number of ether oxygens (including phenoxy) is 2. The minimum Gasteiger partial charge on any atom is -0.494 e. The third kappa shape index (κ3) is 5.44. The van der Waals surface area contributed by atoms with Crippen molar-refractivity contribution in [3.8, 4) is 5.75 Å². The molecule has 1 saturated heterocycles. The monoisotopic (exact) mass is 431 g/mol. The van der Waals surface area contributed by atoms with Gasteiger partial charge in [-0.1, -0.05) is 19.1 Å². The first kappa shape index (κ1) is 23.2. The van der Waals surface area contributed by atoms with Gasteiger partial charge in [-0.3, -0.25) is 19.4 Å². The number of hydrogen-bond acceptors (Lipinski definition) is 7. The van der Waals surface area contributed by atoms with E-state index in [0.717, 1.165) is 30.8 Å². The summed E-state index contributed by atoms with van der Waals surface area (Å²) >= 11 is 0. The number of imide groups is 1. The van der Waals surface area contributed by atoms with E-state index in [-0.39, 0.29) is 18.4 Å². The van der Waals surface area contributed by atoms with Gasteiger partial charge < -0.3 is 19.5 Å². The van der Waals surface area contributed by atoms with E-state index >= 15 is 0 Å². The lowest BCUT2D eigenvalue weighted by Crippen LogP contribution is -2.48. The van der Waals surface area contributed by atoms with Gasteiger partial charge in [0.2, 0.25) is 0 Å². The Balaban J connectivity index is 1.87. The molecule has 1 aromatic rings. The molecule has 2 aliphatic heterocycles. The lowest BCUT2D eigenvalue weighted by Gasteiger charge is -2.36. The first-order chi connectivity index (χ1) is 15.1. The number of benzene rings is 1. The summed E-state index contributed by atoms with van der Waals surface area (Å²) in [5, 5.41) is 9.19. The van der Waals surface area contributed by atoms with Gasteiger partial charge in [-0.2, -0.15) is 0 Å². The Labute approximate surface area is 184 Å². The van der Waals surface area contributed by atoms with E-state index in [4.69, 9.17) is 9.47 Å². The van der Waals surface area contributed by atoms with E-state index in [2.05, 4.69) is 4.90 Å². The highest BCUT2D eigenvalue weighted by atomic mass is 16.5. The van der Waals surface area contributed by atoms with Crippen LogP contribution in [0.3, 0.4) is 0 Å². The zero-order valence-electron chi connectivity index (χ0n) is 18.5. The molecular weight excluding hydrogens is 398 g/mol. The van der Waals surface area contributed by atoms with Crippen LogP contribution in [0.4, 0.5) is 0 Å². The van der Waals surface area contributed by atoms with Crippen LogP contribution in [0.5, 0.6) is 5.75 Å². The molecule has 0 radical (unpaired) electrons. The van der Waals surface area contributed by atoms with Crippen LogP contribution in [-0.4, -0.2) is 97.8 Å². The molecule has 2 aliphatic rings. The fourth-order valence-corrected chi connectivity index (χ4v) is 3.96. The summed E-state index contributed by atoms with van der Waals surface area (Å²) in [7, 11) is 1.61. The third-order valence-electron chi connectivity index (χ3n) is 5.59. The molecule has 0 aromatic heterocycles. The van der Waals surface area contributed by atoms with E-state index < -0.39 is 0 Å². The van der Waals surface area contributed by atoms with Crippen LogP contribution in [0.1, 0.15) is 25.3 Å². The molecule has 1 N–H and O–H groups in total.